The molecule has 1 saturated carbocycles. The van der Waals surface area contributed by atoms with Crippen LogP contribution in [0.5, 0.6) is 0 Å². The fraction of sp³-hybridized carbons (Fsp3) is 0.667. The van der Waals surface area contributed by atoms with E-state index in [1.807, 2.05) is 12.1 Å². The molecule has 0 atom stereocenters. The van der Waals surface area contributed by atoms with Gasteiger partial charge in [-0.2, -0.15) is 0 Å². The molecule has 21 heavy (non-hydrogen) atoms. The zero-order valence-corrected chi connectivity index (χ0v) is 14.8. The Balaban J connectivity index is 2.10. The number of hydrogen-bond acceptors (Lipinski definition) is 1. The van der Waals surface area contributed by atoms with Gasteiger partial charge in [0.05, 0.1) is 0 Å². The zero-order valence-electron chi connectivity index (χ0n) is 13.3. The number of hydrogen-bond donors (Lipinski definition) is 1. The molecule has 1 nitrogen and oxygen atoms in total. The van der Waals surface area contributed by atoms with Gasteiger partial charge in [-0.25, -0.2) is 0 Å². The lowest BCUT2D eigenvalue weighted by atomic mass is 9.62. The van der Waals surface area contributed by atoms with Crippen molar-refractivity contribution >= 4 is 23.2 Å². The quantitative estimate of drug-likeness (QED) is 0.748. The molecule has 118 valence electrons. The molecule has 1 fully saturated rings. The molecule has 0 aliphatic heterocycles. The van der Waals surface area contributed by atoms with Gasteiger partial charge in [0.1, 0.15) is 0 Å². The molecule has 1 aromatic carbocycles. The standard InChI is InChI=1S/C18H26Cl2O/c1-17(2,3)14-6-8-18(12-21,9-7-14)11-13-4-5-15(19)10-16(13)20/h4-5,10,14,21H,6-9,11-12H2,1-3H3. The van der Waals surface area contributed by atoms with Gasteiger partial charge in [0.15, 0.2) is 0 Å². The van der Waals surface area contributed by atoms with Gasteiger partial charge in [-0.3, -0.25) is 0 Å². The predicted octanol–water partition coefficient (Wildman–Crippen LogP) is 5.75. The molecular formula is C18H26Cl2O. The number of halogens is 2. The van der Waals surface area contributed by atoms with Crippen LogP contribution in [0.25, 0.3) is 0 Å². The van der Waals surface area contributed by atoms with E-state index in [1.54, 1.807) is 6.07 Å². The van der Waals surface area contributed by atoms with Crippen LogP contribution in [0.2, 0.25) is 10.0 Å². The zero-order chi connectivity index (χ0) is 15.7. The van der Waals surface area contributed by atoms with Crippen LogP contribution in [-0.4, -0.2) is 11.7 Å². The summed E-state index contributed by atoms with van der Waals surface area (Å²) in [5, 5.41) is 11.3. The van der Waals surface area contributed by atoms with Crippen LogP contribution < -0.4 is 0 Å². The average molecular weight is 329 g/mol. The number of benzene rings is 1. The van der Waals surface area contributed by atoms with Gasteiger partial charge in [0.2, 0.25) is 0 Å². The van der Waals surface area contributed by atoms with Crippen molar-refractivity contribution in [2.24, 2.45) is 16.7 Å². The molecule has 0 bridgehead atoms. The molecule has 0 amide bonds. The monoisotopic (exact) mass is 328 g/mol. The maximum absolute atomic E-state index is 9.97. The summed E-state index contributed by atoms with van der Waals surface area (Å²) >= 11 is 12.3. The van der Waals surface area contributed by atoms with Gasteiger partial charge in [0.25, 0.3) is 0 Å². The van der Waals surface area contributed by atoms with Crippen molar-refractivity contribution in [3.63, 3.8) is 0 Å². The second kappa shape index (κ2) is 6.48. The molecule has 0 spiro atoms. The Labute approximate surface area is 138 Å². The van der Waals surface area contributed by atoms with Crippen LogP contribution in [0.15, 0.2) is 18.2 Å². The number of aliphatic hydroxyl groups excluding tert-OH is 1. The maximum atomic E-state index is 9.97. The first-order valence-corrected chi connectivity index (χ1v) is 8.56. The summed E-state index contributed by atoms with van der Waals surface area (Å²) in [7, 11) is 0. The first-order chi connectivity index (χ1) is 9.76. The summed E-state index contributed by atoms with van der Waals surface area (Å²) in [5.41, 5.74) is 1.45. The van der Waals surface area contributed by atoms with Crippen LogP contribution >= 0.6 is 23.2 Å². The first kappa shape index (κ1) is 17.1. The molecule has 1 aliphatic carbocycles. The third-order valence-electron chi connectivity index (χ3n) is 5.19. The molecular weight excluding hydrogens is 303 g/mol. The van der Waals surface area contributed by atoms with Crippen molar-refractivity contribution < 1.29 is 5.11 Å². The molecule has 0 radical (unpaired) electrons. The Kier molecular flexibility index (Phi) is 5.28. The van der Waals surface area contributed by atoms with Crippen molar-refractivity contribution in [3.8, 4) is 0 Å². The van der Waals surface area contributed by atoms with E-state index in [2.05, 4.69) is 20.8 Å². The lowest BCUT2D eigenvalue weighted by molar-refractivity contribution is 0.0369. The maximum Gasteiger partial charge on any atom is 0.0490 e. The fourth-order valence-corrected chi connectivity index (χ4v) is 4.03. The van der Waals surface area contributed by atoms with Crippen molar-refractivity contribution in [2.45, 2.75) is 52.9 Å². The number of rotatable bonds is 3. The van der Waals surface area contributed by atoms with Crippen LogP contribution in [0.4, 0.5) is 0 Å². The van der Waals surface area contributed by atoms with E-state index >= 15 is 0 Å². The van der Waals surface area contributed by atoms with Gasteiger partial charge in [-0.15, -0.1) is 0 Å². The summed E-state index contributed by atoms with van der Waals surface area (Å²) < 4.78 is 0. The summed E-state index contributed by atoms with van der Waals surface area (Å²) in [6.07, 6.45) is 5.37. The molecule has 1 N–H and O–H groups in total. The van der Waals surface area contributed by atoms with E-state index in [-0.39, 0.29) is 12.0 Å². The molecule has 3 heteroatoms. The van der Waals surface area contributed by atoms with Gasteiger partial charge in [-0.1, -0.05) is 50.0 Å². The van der Waals surface area contributed by atoms with Crippen LogP contribution in [0, 0.1) is 16.7 Å². The first-order valence-electron chi connectivity index (χ1n) is 7.81. The summed E-state index contributed by atoms with van der Waals surface area (Å²) in [4.78, 5) is 0. The fourth-order valence-electron chi connectivity index (χ4n) is 3.56. The Morgan fingerprint density at radius 3 is 2.29 bits per heavy atom. The minimum Gasteiger partial charge on any atom is -0.396 e. The summed E-state index contributed by atoms with van der Waals surface area (Å²) in [6, 6.07) is 5.68. The summed E-state index contributed by atoms with van der Waals surface area (Å²) in [6.45, 7) is 7.20. The topological polar surface area (TPSA) is 20.2 Å². The largest absolute Gasteiger partial charge is 0.396 e. The minimum atomic E-state index is -0.0147. The molecule has 0 heterocycles. The smallest absolute Gasteiger partial charge is 0.0490 e. The highest BCUT2D eigenvalue weighted by atomic mass is 35.5. The molecule has 0 unspecified atom stereocenters. The van der Waals surface area contributed by atoms with E-state index < -0.39 is 0 Å². The van der Waals surface area contributed by atoms with Crippen molar-refractivity contribution in [1.82, 2.24) is 0 Å². The normalized spacial score (nSPS) is 26.9. The molecule has 0 aromatic heterocycles. The molecule has 1 aromatic rings. The Morgan fingerprint density at radius 2 is 1.81 bits per heavy atom. The lowest BCUT2D eigenvalue weighted by Crippen LogP contribution is -2.36. The molecule has 1 aliphatic rings. The van der Waals surface area contributed by atoms with Crippen molar-refractivity contribution in [2.75, 3.05) is 6.61 Å². The highest BCUT2D eigenvalue weighted by Crippen LogP contribution is 2.47. The van der Waals surface area contributed by atoms with E-state index in [1.165, 1.54) is 12.8 Å². The van der Waals surface area contributed by atoms with Crippen molar-refractivity contribution in [3.05, 3.63) is 33.8 Å². The Hall–Kier alpha value is -0.240. The third-order valence-corrected chi connectivity index (χ3v) is 5.77. The third kappa shape index (κ3) is 4.15. The predicted molar refractivity (Wildman–Crippen MR) is 91.1 cm³/mol. The van der Waals surface area contributed by atoms with E-state index in [4.69, 9.17) is 23.2 Å². The molecule has 0 saturated heterocycles. The lowest BCUT2D eigenvalue weighted by Gasteiger charge is -2.43. The van der Waals surface area contributed by atoms with Crippen molar-refractivity contribution in [1.29, 1.82) is 0 Å². The minimum absolute atomic E-state index is 0.0147. The van der Waals surface area contributed by atoms with E-state index in [0.717, 1.165) is 30.7 Å². The highest BCUT2D eigenvalue weighted by molar-refractivity contribution is 6.35. The van der Waals surface area contributed by atoms with E-state index in [9.17, 15) is 5.11 Å². The second-order valence-corrected chi connectivity index (χ2v) is 8.55. The SMILES string of the molecule is CC(C)(C)C1CCC(CO)(Cc2ccc(Cl)cc2Cl)CC1. The van der Waals surface area contributed by atoms with Gasteiger partial charge in [0, 0.05) is 16.7 Å². The Morgan fingerprint density at radius 1 is 1.19 bits per heavy atom. The van der Waals surface area contributed by atoms with Gasteiger partial charge in [-0.05, 0) is 66.5 Å². The van der Waals surface area contributed by atoms with E-state index in [0.29, 0.717) is 15.5 Å². The Bertz CT molecular complexity index is 482. The molecule has 2 rings (SSSR count). The van der Waals surface area contributed by atoms with Crippen LogP contribution in [-0.2, 0) is 6.42 Å². The summed E-state index contributed by atoms with van der Waals surface area (Å²) in [5.74, 6) is 0.748. The van der Waals surface area contributed by atoms with Crippen LogP contribution in [0.3, 0.4) is 0 Å². The highest BCUT2D eigenvalue weighted by Gasteiger charge is 2.38. The number of aliphatic hydroxyl groups is 1. The van der Waals surface area contributed by atoms with Gasteiger partial charge >= 0.3 is 0 Å². The second-order valence-electron chi connectivity index (χ2n) is 7.71. The average Bonchev–Trinajstić information content (AvgIpc) is 2.41. The van der Waals surface area contributed by atoms with Crippen LogP contribution in [0.1, 0.15) is 52.0 Å². The van der Waals surface area contributed by atoms with Gasteiger partial charge < -0.3 is 5.11 Å².